The SMILES string of the molecule is C[C@H](CNC(=O)c1csc(N)n1)n1ccc(-c2cc(F)c(C#N)c(F)c2)n1. The second-order valence-electron chi connectivity index (χ2n) is 5.74. The molecule has 0 spiro atoms. The molecular weight excluding hydrogens is 374 g/mol. The number of benzene rings is 1. The average Bonchev–Trinajstić information content (AvgIpc) is 3.28. The normalized spacial score (nSPS) is 11.8. The molecule has 0 unspecified atom stereocenters. The first kappa shape index (κ1) is 18.5. The number of nitrogens with two attached hydrogens (primary N) is 1. The summed E-state index contributed by atoms with van der Waals surface area (Å²) in [6.07, 6.45) is 1.64. The first-order valence-corrected chi connectivity index (χ1v) is 8.71. The number of aromatic nitrogens is 3. The van der Waals surface area contributed by atoms with Crippen LogP contribution in [0.2, 0.25) is 0 Å². The highest BCUT2D eigenvalue weighted by Gasteiger charge is 2.15. The van der Waals surface area contributed by atoms with E-state index in [-0.39, 0.29) is 29.8 Å². The lowest BCUT2D eigenvalue weighted by Crippen LogP contribution is -2.30. The maximum Gasteiger partial charge on any atom is 0.270 e. The number of hydrogen-bond donors (Lipinski definition) is 2. The minimum absolute atomic E-state index is 0.216. The molecule has 0 saturated carbocycles. The Morgan fingerprint density at radius 2 is 2.15 bits per heavy atom. The lowest BCUT2D eigenvalue weighted by atomic mass is 10.1. The number of nitrogens with zero attached hydrogens (tertiary/aromatic N) is 4. The molecule has 7 nitrogen and oxygen atoms in total. The van der Waals surface area contributed by atoms with Crippen LogP contribution < -0.4 is 11.1 Å². The molecule has 0 aliphatic carbocycles. The van der Waals surface area contributed by atoms with Gasteiger partial charge in [-0.25, -0.2) is 13.8 Å². The van der Waals surface area contributed by atoms with Crippen molar-refractivity contribution in [2.75, 3.05) is 12.3 Å². The van der Waals surface area contributed by atoms with Crippen molar-refractivity contribution in [2.45, 2.75) is 13.0 Å². The van der Waals surface area contributed by atoms with Gasteiger partial charge in [-0.3, -0.25) is 9.48 Å². The number of nitriles is 1. The van der Waals surface area contributed by atoms with Crippen molar-refractivity contribution in [3.63, 3.8) is 0 Å². The van der Waals surface area contributed by atoms with Crippen molar-refractivity contribution in [2.24, 2.45) is 0 Å². The van der Waals surface area contributed by atoms with Crippen LogP contribution in [-0.2, 0) is 0 Å². The molecule has 3 N–H and O–H groups in total. The lowest BCUT2D eigenvalue weighted by Gasteiger charge is -2.12. The first-order chi connectivity index (χ1) is 12.9. The summed E-state index contributed by atoms with van der Waals surface area (Å²) < 4.78 is 29.1. The van der Waals surface area contributed by atoms with Gasteiger partial charge in [-0.2, -0.15) is 10.4 Å². The number of nitrogens with one attached hydrogen (secondary N) is 1. The number of carbonyl (C=O) groups excluding carboxylic acids is 1. The van der Waals surface area contributed by atoms with Crippen LogP contribution >= 0.6 is 11.3 Å². The molecule has 0 saturated heterocycles. The first-order valence-electron chi connectivity index (χ1n) is 7.83. The van der Waals surface area contributed by atoms with Crippen molar-refractivity contribution in [3.8, 4) is 17.3 Å². The highest BCUT2D eigenvalue weighted by Crippen LogP contribution is 2.23. The Labute approximate surface area is 157 Å². The summed E-state index contributed by atoms with van der Waals surface area (Å²) in [7, 11) is 0. The molecule has 2 heterocycles. The molecule has 2 aromatic heterocycles. The van der Waals surface area contributed by atoms with E-state index in [1.807, 2.05) is 6.92 Å². The molecule has 1 aromatic carbocycles. The van der Waals surface area contributed by atoms with Crippen LogP contribution in [0.1, 0.15) is 29.0 Å². The van der Waals surface area contributed by atoms with E-state index in [2.05, 4.69) is 15.4 Å². The minimum atomic E-state index is -0.940. The predicted molar refractivity (Wildman–Crippen MR) is 95.9 cm³/mol. The Bertz CT molecular complexity index is 1020. The average molecular weight is 388 g/mol. The number of carbonyl (C=O) groups is 1. The molecule has 27 heavy (non-hydrogen) atoms. The zero-order chi connectivity index (χ0) is 19.6. The minimum Gasteiger partial charge on any atom is -0.375 e. The highest BCUT2D eigenvalue weighted by atomic mass is 32.1. The fraction of sp³-hybridized carbons (Fsp3) is 0.176. The number of halogens is 2. The van der Waals surface area contributed by atoms with E-state index in [4.69, 9.17) is 11.0 Å². The lowest BCUT2D eigenvalue weighted by molar-refractivity contribution is 0.0943. The Balaban J connectivity index is 1.70. The van der Waals surface area contributed by atoms with Gasteiger partial charge < -0.3 is 11.1 Å². The quantitative estimate of drug-likeness (QED) is 0.698. The van der Waals surface area contributed by atoms with Crippen LogP contribution in [0.4, 0.5) is 13.9 Å². The van der Waals surface area contributed by atoms with E-state index in [9.17, 15) is 13.6 Å². The van der Waals surface area contributed by atoms with Gasteiger partial charge in [0, 0.05) is 23.7 Å². The zero-order valence-electron chi connectivity index (χ0n) is 14.1. The van der Waals surface area contributed by atoms with Gasteiger partial charge in [0.2, 0.25) is 0 Å². The van der Waals surface area contributed by atoms with Crippen molar-refractivity contribution in [1.82, 2.24) is 20.1 Å². The predicted octanol–water partition coefficient (Wildman–Crippen LogP) is 2.73. The number of amides is 1. The molecule has 3 rings (SSSR count). The fourth-order valence-electron chi connectivity index (χ4n) is 2.38. The van der Waals surface area contributed by atoms with Crippen molar-refractivity contribution in [1.29, 1.82) is 5.26 Å². The molecule has 1 atom stereocenters. The summed E-state index contributed by atoms with van der Waals surface area (Å²) in [4.78, 5) is 15.9. The van der Waals surface area contributed by atoms with Gasteiger partial charge in [-0.15, -0.1) is 11.3 Å². The van der Waals surface area contributed by atoms with E-state index in [1.165, 1.54) is 17.4 Å². The summed E-state index contributed by atoms with van der Waals surface area (Å²) in [6.45, 7) is 2.10. The Morgan fingerprint density at radius 3 is 2.74 bits per heavy atom. The molecule has 0 fully saturated rings. The van der Waals surface area contributed by atoms with Crippen molar-refractivity contribution >= 4 is 22.4 Å². The molecule has 10 heteroatoms. The Kier molecular flexibility index (Phi) is 5.14. The van der Waals surface area contributed by atoms with Crippen LogP contribution in [0.5, 0.6) is 0 Å². The summed E-state index contributed by atoms with van der Waals surface area (Å²) in [5.41, 5.74) is 5.69. The molecule has 3 aromatic rings. The third-order valence-corrected chi connectivity index (χ3v) is 4.50. The summed E-state index contributed by atoms with van der Waals surface area (Å²) in [6, 6.07) is 4.99. The van der Waals surface area contributed by atoms with Crippen LogP contribution in [0.15, 0.2) is 29.8 Å². The van der Waals surface area contributed by atoms with Crippen LogP contribution in [0, 0.1) is 23.0 Å². The van der Waals surface area contributed by atoms with Crippen LogP contribution in [0.3, 0.4) is 0 Å². The largest absolute Gasteiger partial charge is 0.375 e. The van der Waals surface area contributed by atoms with Gasteiger partial charge in [0.1, 0.15) is 29.0 Å². The van der Waals surface area contributed by atoms with Crippen LogP contribution in [0.25, 0.3) is 11.3 Å². The van der Waals surface area contributed by atoms with Gasteiger partial charge in [-0.05, 0) is 25.1 Å². The number of nitrogen functional groups attached to an aromatic ring is 1. The van der Waals surface area contributed by atoms with E-state index in [1.54, 1.807) is 22.3 Å². The molecular formula is C17H14F2N6OS. The number of anilines is 1. The maximum absolute atomic E-state index is 13.8. The van der Waals surface area contributed by atoms with E-state index in [0.717, 1.165) is 12.1 Å². The van der Waals surface area contributed by atoms with Gasteiger partial charge in [0.05, 0.1) is 11.7 Å². The smallest absolute Gasteiger partial charge is 0.270 e. The summed E-state index contributed by atoms with van der Waals surface area (Å²) in [5.74, 6) is -2.23. The van der Waals surface area contributed by atoms with Crippen molar-refractivity contribution in [3.05, 3.63) is 52.7 Å². The topological polar surface area (TPSA) is 110 Å². The molecule has 1 amide bonds. The van der Waals surface area contributed by atoms with Gasteiger partial charge in [-0.1, -0.05) is 0 Å². The van der Waals surface area contributed by atoms with Gasteiger partial charge in [0.25, 0.3) is 5.91 Å². The standard InChI is InChI=1S/C17H14F2N6OS/c1-9(7-22-16(26)15-8-27-17(21)23-15)25-3-2-14(24-25)10-4-12(18)11(6-20)13(19)5-10/h2-5,8-9H,7H2,1H3,(H2,21,23)(H,22,26)/t9-/m1/s1. The highest BCUT2D eigenvalue weighted by molar-refractivity contribution is 7.13. The summed E-state index contributed by atoms with van der Waals surface area (Å²) in [5, 5.41) is 17.6. The van der Waals surface area contributed by atoms with E-state index < -0.39 is 17.2 Å². The monoisotopic (exact) mass is 388 g/mol. The Morgan fingerprint density at radius 1 is 1.44 bits per heavy atom. The number of rotatable bonds is 5. The summed E-state index contributed by atoms with van der Waals surface area (Å²) >= 11 is 1.18. The fourth-order valence-corrected chi connectivity index (χ4v) is 2.92. The molecule has 138 valence electrons. The van der Waals surface area contributed by atoms with Gasteiger partial charge >= 0.3 is 0 Å². The number of thiazole rings is 1. The second kappa shape index (κ2) is 7.51. The third-order valence-electron chi connectivity index (χ3n) is 3.82. The molecule has 0 radical (unpaired) electrons. The Hall–Kier alpha value is -3.32. The molecule has 0 aliphatic heterocycles. The third kappa shape index (κ3) is 3.93. The van der Waals surface area contributed by atoms with Crippen LogP contribution in [-0.4, -0.2) is 27.2 Å². The zero-order valence-corrected chi connectivity index (χ0v) is 14.9. The van der Waals surface area contributed by atoms with E-state index in [0.29, 0.717) is 10.8 Å². The number of hydrogen-bond acceptors (Lipinski definition) is 6. The second-order valence-corrected chi connectivity index (χ2v) is 6.63. The van der Waals surface area contributed by atoms with Crippen molar-refractivity contribution < 1.29 is 13.6 Å². The molecule has 0 bridgehead atoms. The molecule has 0 aliphatic rings. The van der Waals surface area contributed by atoms with E-state index >= 15 is 0 Å². The maximum atomic E-state index is 13.8. The van der Waals surface area contributed by atoms with Gasteiger partial charge in [0.15, 0.2) is 5.13 Å².